The summed E-state index contributed by atoms with van der Waals surface area (Å²) in [6, 6.07) is 5.79. The molecule has 1 heterocycles. The van der Waals surface area contributed by atoms with Gasteiger partial charge in [0.05, 0.1) is 6.10 Å². The number of aryl methyl sites for hydroxylation is 1. The summed E-state index contributed by atoms with van der Waals surface area (Å²) >= 11 is 0. The Balaban J connectivity index is 2.45. The Morgan fingerprint density at radius 2 is 2.31 bits per heavy atom. The van der Waals surface area contributed by atoms with Gasteiger partial charge >= 0.3 is 0 Å². The van der Waals surface area contributed by atoms with Gasteiger partial charge in [0, 0.05) is 12.2 Å². The Morgan fingerprint density at radius 3 is 2.92 bits per heavy atom. The smallest absolute Gasteiger partial charge is 0.126 e. The molecule has 1 rings (SSSR count). The van der Waals surface area contributed by atoms with Crippen LogP contribution in [0.15, 0.2) is 18.2 Å². The van der Waals surface area contributed by atoms with Gasteiger partial charge in [-0.2, -0.15) is 0 Å². The molecule has 1 aromatic rings. The van der Waals surface area contributed by atoms with Gasteiger partial charge in [-0.25, -0.2) is 4.98 Å². The molecule has 72 valence electrons. The first-order valence-electron chi connectivity index (χ1n) is 4.58. The number of hydrogen-bond acceptors (Lipinski definition) is 3. The lowest BCUT2D eigenvalue weighted by Gasteiger charge is -2.09. The molecule has 0 amide bonds. The lowest BCUT2D eigenvalue weighted by molar-refractivity contribution is 0.183. The van der Waals surface area contributed by atoms with Crippen molar-refractivity contribution in [2.75, 3.05) is 11.9 Å². The van der Waals surface area contributed by atoms with Gasteiger partial charge < -0.3 is 10.4 Å². The second-order valence-electron chi connectivity index (χ2n) is 3.11. The SMILES string of the molecule is CCC(O)CNc1cccc(C)n1. The van der Waals surface area contributed by atoms with E-state index in [1.807, 2.05) is 32.0 Å². The van der Waals surface area contributed by atoms with Gasteiger partial charge in [0.2, 0.25) is 0 Å². The van der Waals surface area contributed by atoms with Crippen LogP contribution in [0.1, 0.15) is 19.0 Å². The van der Waals surface area contributed by atoms with Crippen molar-refractivity contribution < 1.29 is 5.11 Å². The van der Waals surface area contributed by atoms with Crippen LogP contribution in [0, 0.1) is 6.92 Å². The van der Waals surface area contributed by atoms with Crippen LogP contribution < -0.4 is 5.32 Å². The first kappa shape index (κ1) is 9.99. The molecule has 0 fully saturated rings. The summed E-state index contributed by atoms with van der Waals surface area (Å²) in [5.41, 5.74) is 0.982. The third-order valence-electron chi connectivity index (χ3n) is 1.88. The van der Waals surface area contributed by atoms with Crippen LogP contribution in [0.25, 0.3) is 0 Å². The predicted octanol–water partition coefficient (Wildman–Crippen LogP) is 1.57. The van der Waals surface area contributed by atoms with Crippen molar-refractivity contribution in [1.29, 1.82) is 0 Å². The van der Waals surface area contributed by atoms with Crippen LogP contribution >= 0.6 is 0 Å². The Kier molecular flexibility index (Phi) is 3.71. The maximum absolute atomic E-state index is 9.30. The molecule has 0 aliphatic carbocycles. The summed E-state index contributed by atoms with van der Waals surface area (Å²) in [7, 11) is 0. The average Bonchev–Trinajstić information content (AvgIpc) is 2.14. The second-order valence-corrected chi connectivity index (χ2v) is 3.11. The lowest BCUT2D eigenvalue weighted by Crippen LogP contribution is -2.18. The van der Waals surface area contributed by atoms with E-state index < -0.39 is 0 Å². The largest absolute Gasteiger partial charge is 0.391 e. The van der Waals surface area contributed by atoms with E-state index in [2.05, 4.69) is 10.3 Å². The summed E-state index contributed by atoms with van der Waals surface area (Å²) in [6.07, 6.45) is 0.473. The summed E-state index contributed by atoms with van der Waals surface area (Å²) in [4.78, 5) is 4.26. The second kappa shape index (κ2) is 4.82. The Bertz CT molecular complexity index is 263. The van der Waals surface area contributed by atoms with E-state index in [1.165, 1.54) is 0 Å². The fourth-order valence-electron chi connectivity index (χ4n) is 1.01. The van der Waals surface area contributed by atoms with E-state index in [1.54, 1.807) is 0 Å². The van der Waals surface area contributed by atoms with E-state index in [0.717, 1.165) is 17.9 Å². The van der Waals surface area contributed by atoms with Crippen molar-refractivity contribution in [2.45, 2.75) is 26.4 Å². The van der Waals surface area contributed by atoms with Crippen LogP contribution in [0.2, 0.25) is 0 Å². The normalized spacial score (nSPS) is 12.5. The van der Waals surface area contributed by atoms with Gasteiger partial charge in [0.1, 0.15) is 5.82 Å². The standard InChI is InChI=1S/C10H16N2O/c1-3-9(13)7-11-10-6-4-5-8(2)12-10/h4-6,9,13H,3,7H2,1-2H3,(H,11,12). The molecule has 1 aromatic heterocycles. The molecular formula is C10H16N2O. The number of anilines is 1. The number of aliphatic hydroxyl groups excluding tert-OH is 1. The summed E-state index contributed by atoms with van der Waals surface area (Å²) in [5, 5.41) is 12.4. The fourth-order valence-corrected chi connectivity index (χ4v) is 1.01. The van der Waals surface area contributed by atoms with Crippen LogP contribution in [0.5, 0.6) is 0 Å². The van der Waals surface area contributed by atoms with Crippen molar-refractivity contribution in [1.82, 2.24) is 4.98 Å². The first-order chi connectivity index (χ1) is 6.22. The topological polar surface area (TPSA) is 45.1 Å². The highest BCUT2D eigenvalue weighted by Crippen LogP contribution is 2.03. The zero-order valence-corrected chi connectivity index (χ0v) is 8.12. The van der Waals surface area contributed by atoms with Crippen molar-refractivity contribution in [3.05, 3.63) is 23.9 Å². The van der Waals surface area contributed by atoms with E-state index in [9.17, 15) is 5.11 Å². The summed E-state index contributed by atoms with van der Waals surface area (Å²) in [5.74, 6) is 0.826. The van der Waals surface area contributed by atoms with Gasteiger partial charge in [-0.1, -0.05) is 13.0 Å². The maximum atomic E-state index is 9.30. The molecule has 0 spiro atoms. The van der Waals surface area contributed by atoms with E-state index in [4.69, 9.17) is 0 Å². The monoisotopic (exact) mass is 180 g/mol. The van der Waals surface area contributed by atoms with Crippen molar-refractivity contribution in [3.8, 4) is 0 Å². The fraction of sp³-hybridized carbons (Fsp3) is 0.500. The van der Waals surface area contributed by atoms with Gasteiger partial charge in [-0.15, -0.1) is 0 Å². The molecular weight excluding hydrogens is 164 g/mol. The Morgan fingerprint density at radius 1 is 1.54 bits per heavy atom. The molecule has 3 heteroatoms. The van der Waals surface area contributed by atoms with Gasteiger partial charge in [0.25, 0.3) is 0 Å². The molecule has 3 nitrogen and oxygen atoms in total. The number of rotatable bonds is 4. The predicted molar refractivity (Wildman–Crippen MR) is 53.8 cm³/mol. The molecule has 0 saturated carbocycles. The number of aromatic nitrogens is 1. The maximum Gasteiger partial charge on any atom is 0.126 e. The van der Waals surface area contributed by atoms with Gasteiger partial charge in [-0.3, -0.25) is 0 Å². The highest BCUT2D eigenvalue weighted by Gasteiger charge is 2.00. The third-order valence-corrected chi connectivity index (χ3v) is 1.88. The minimum Gasteiger partial charge on any atom is -0.391 e. The minimum atomic E-state index is -0.290. The van der Waals surface area contributed by atoms with Crippen molar-refractivity contribution in [2.24, 2.45) is 0 Å². The van der Waals surface area contributed by atoms with Gasteiger partial charge in [-0.05, 0) is 25.5 Å². The molecule has 0 saturated heterocycles. The lowest BCUT2D eigenvalue weighted by atomic mass is 10.3. The molecule has 0 bridgehead atoms. The summed E-state index contributed by atoms with van der Waals surface area (Å²) in [6.45, 7) is 4.46. The highest BCUT2D eigenvalue weighted by molar-refractivity contribution is 5.35. The molecule has 0 aromatic carbocycles. The van der Waals surface area contributed by atoms with Crippen LogP contribution in [0.4, 0.5) is 5.82 Å². The van der Waals surface area contributed by atoms with E-state index >= 15 is 0 Å². The zero-order chi connectivity index (χ0) is 9.68. The minimum absolute atomic E-state index is 0.290. The summed E-state index contributed by atoms with van der Waals surface area (Å²) < 4.78 is 0. The third kappa shape index (κ3) is 3.42. The highest BCUT2D eigenvalue weighted by atomic mass is 16.3. The molecule has 1 atom stereocenters. The molecule has 0 radical (unpaired) electrons. The van der Waals surface area contributed by atoms with E-state index in [-0.39, 0.29) is 6.10 Å². The van der Waals surface area contributed by atoms with Crippen LogP contribution in [0.3, 0.4) is 0 Å². The number of hydrogen-bond donors (Lipinski definition) is 2. The zero-order valence-electron chi connectivity index (χ0n) is 8.12. The Hall–Kier alpha value is -1.09. The number of aliphatic hydroxyl groups is 1. The van der Waals surface area contributed by atoms with Crippen LogP contribution in [-0.4, -0.2) is 22.7 Å². The van der Waals surface area contributed by atoms with Crippen molar-refractivity contribution >= 4 is 5.82 Å². The number of nitrogens with zero attached hydrogens (tertiary/aromatic N) is 1. The number of nitrogens with one attached hydrogen (secondary N) is 1. The van der Waals surface area contributed by atoms with Gasteiger partial charge in [0.15, 0.2) is 0 Å². The number of pyridine rings is 1. The first-order valence-corrected chi connectivity index (χ1v) is 4.58. The quantitative estimate of drug-likeness (QED) is 0.739. The molecule has 0 aliphatic rings. The molecule has 2 N–H and O–H groups in total. The van der Waals surface area contributed by atoms with E-state index in [0.29, 0.717) is 6.54 Å². The molecule has 13 heavy (non-hydrogen) atoms. The Labute approximate surface area is 78.8 Å². The van der Waals surface area contributed by atoms with Crippen LogP contribution in [-0.2, 0) is 0 Å². The van der Waals surface area contributed by atoms with Crippen molar-refractivity contribution in [3.63, 3.8) is 0 Å². The average molecular weight is 180 g/mol. The molecule has 1 unspecified atom stereocenters. The molecule has 0 aliphatic heterocycles.